The summed E-state index contributed by atoms with van der Waals surface area (Å²) in [4.78, 5) is 35.2. The summed E-state index contributed by atoms with van der Waals surface area (Å²) in [7, 11) is 3.37. The molecule has 9 nitrogen and oxygen atoms in total. The molecule has 1 heterocycles. The minimum atomic E-state index is -0.628. The van der Waals surface area contributed by atoms with Crippen LogP contribution < -0.4 is 16.0 Å². The lowest BCUT2D eigenvalue weighted by Gasteiger charge is -2.31. The van der Waals surface area contributed by atoms with Crippen LogP contribution in [0.2, 0.25) is 0 Å². The van der Waals surface area contributed by atoms with Crippen LogP contribution >= 0.6 is 0 Å². The fourth-order valence-corrected chi connectivity index (χ4v) is 3.59. The first kappa shape index (κ1) is 27.2. The number of likely N-dealkylation sites (N-methyl/N-ethyl adjacent to an activating group) is 1. The Bertz CT molecular complexity index is 902. The molecule has 0 radical (unpaired) electrons. The second-order valence-electron chi connectivity index (χ2n) is 9.74. The fraction of sp³-hybridized carbons (Fsp3) is 0.680. The predicted octanol–water partition coefficient (Wildman–Crippen LogP) is 3.62. The molecule has 1 aromatic rings. The number of nitrogens with zero attached hydrogens (tertiary/aromatic N) is 3. The molecule has 1 fully saturated rings. The van der Waals surface area contributed by atoms with Crippen molar-refractivity contribution >= 4 is 23.8 Å². The van der Waals surface area contributed by atoms with Crippen molar-refractivity contribution in [2.45, 2.75) is 84.4 Å². The van der Waals surface area contributed by atoms with Gasteiger partial charge >= 0.3 is 6.09 Å². The predicted molar refractivity (Wildman–Crippen MR) is 135 cm³/mol. The maximum atomic E-state index is 12.8. The van der Waals surface area contributed by atoms with Gasteiger partial charge in [0.05, 0.1) is 11.8 Å². The molecule has 2 rings (SSSR count). The van der Waals surface area contributed by atoms with Crippen molar-refractivity contribution in [3.8, 4) is 11.8 Å². The molecule has 1 aliphatic carbocycles. The Kier molecular flexibility index (Phi) is 9.97. The first-order chi connectivity index (χ1) is 16.0. The van der Waals surface area contributed by atoms with E-state index in [2.05, 4.69) is 44.7 Å². The minimum Gasteiger partial charge on any atom is -0.444 e. The molecule has 188 valence electrons. The first-order valence-electron chi connectivity index (χ1n) is 12.1. The number of ether oxygens (including phenoxy) is 1. The fourth-order valence-electron chi connectivity index (χ4n) is 3.59. The Morgan fingerprint density at radius 1 is 1.32 bits per heavy atom. The van der Waals surface area contributed by atoms with Crippen LogP contribution in [0.3, 0.4) is 0 Å². The average molecular weight is 473 g/mol. The van der Waals surface area contributed by atoms with E-state index in [4.69, 9.17) is 4.74 Å². The molecule has 0 aliphatic heterocycles. The van der Waals surface area contributed by atoms with Crippen LogP contribution in [0.5, 0.6) is 0 Å². The quantitative estimate of drug-likeness (QED) is 0.520. The third-order valence-corrected chi connectivity index (χ3v) is 5.63. The van der Waals surface area contributed by atoms with E-state index in [-0.39, 0.29) is 17.9 Å². The zero-order valence-electron chi connectivity index (χ0n) is 21.6. The van der Waals surface area contributed by atoms with Crippen molar-refractivity contribution in [3.63, 3.8) is 0 Å². The Hall–Kier alpha value is -3.02. The van der Waals surface area contributed by atoms with Crippen LogP contribution in [0.25, 0.3) is 0 Å². The van der Waals surface area contributed by atoms with Crippen molar-refractivity contribution in [2.75, 3.05) is 31.3 Å². The highest BCUT2D eigenvalue weighted by atomic mass is 16.6. The molecular formula is C25H40N6O3. The van der Waals surface area contributed by atoms with Crippen molar-refractivity contribution in [3.05, 3.63) is 11.8 Å². The average Bonchev–Trinajstić information content (AvgIpc) is 2.79. The normalized spacial score (nSPS) is 18.7. The van der Waals surface area contributed by atoms with Gasteiger partial charge in [0, 0.05) is 32.6 Å². The van der Waals surface area contributed by atoms with Gasteiger partial charge in [-0.2, -0.15) is 4.98 Å². The highest BCUT2D eigenvalue weighted by Gasteiger charge is 2.29. The van der Waals surface area contributed by atoms with Gasteiger partial charge in [-0.1, -0.05) is 25.2 Å². The van der Waals surface area contributed by atoms with Gasteiger partial charge in [-0.3, -0.25) is 9.69 Å². The highest BCUT2D eigenvalue weighted by molar-refractivity contribution is 5.85. The highest BCUT2D eigenvalue weighted by Crippen LogP contribution is 2.24. The van der Waals surface area contributed by atoms with Crippen LogP contribution in [0.15, 0.2) is 6.20 Å². The maximum Gasteiger partial charge on any atom is 0.410 e. The van der Waals surface area contributed by atoms with Crippen LogP contribution in [0, 0.1) is 17.8 Å². The molecule has 0 spiro atoms. The molecule has 1 saturated carbocycles. The molecule has 0 unspecified atom stereocenters. The maximum absolute atomic E-state index is 12.8. The molecule has 3 atom stereocenters. The monoisotopic (exact) mass is 472 g/mol. The standard InChI is InChI=1S/C25H40N6O3/c1-8-14-27-21-19(16-28-23(26-6)30-21)13-12-18-10-9-11-20(15-18)29-22(32)17(2)31(7)24(33)34-25(3,4)5/h16-18,20H,8-11,14-15H2,1-7H3,(H,29,32)(H2,26,27,28,30)/t17-,18-,20-/m0/s1. The molecule has 0 saturated heterocycles. The summed E-state index contributed by atoms with van der Waals surface area (Å²) >= 11 is 0. The molecule has 2 amide bonds. The lowest BCUT2D eigenvalue weighted by Crippen LogP contribution is -2.50. The summed E-state index contributed by atoms with van der Waals surface area (Å²) < 4.78 is 5.37. The molecule has 1 aliphatic rings. The summed E-state index contributed by atoms with van der Waals surface area (Å²) in [6, 6.07) is -0.605. The number of aromatic nitrogens is 2. The smallest absolute Gasteiger partial charge is 0.410 e. The number of hydrogen-bond donors (Lipinski definition) is 3. The summed E-state index contributed by atoms with van der Waals surface area (Å²) in [5, 5.41) is 9.36. The molecular weight excluding hydrogens is 432 g/mol. The van der Waals surface area contributed by atoms with Crippen LogP contribution in [0.1, 0.15) is 72.3 Å². The van der Waals surface area contributed by atoms with Gasteiger partial charge in [0.15, 0.2) is 0 Å². The van der Waals surface area contributed by atoms with Crippen LogP contribution in [0.4, 0.5) is 16.6 Å². The van der Waals surface area contributed by atoms with Gasteiger partial charge in [-0.15, -0.1) is 0 Å². The molecule has 0 bridgehead atoms. The lowest BCUT2D eigenvalue weighted by molar-refractivity contribution is -0.126. The zero-order chi connectivity index (χ0) is 25.3. The van der Waals surface area contributed by atoms with Gasteiger partial charge in [-0.05, 0) is 53.4 Å². The van der Waals surface area contributed by atoms with Crippen molar-refractivity contribution < 1.29 is 14.3 Å². The van der Waals surface area contributed by atoms with E-state index in [0.29, 0.717) is 5.95 Å². The summed E-state index contributed by atoms with van der Waals surface area (Å²) in [5.74, 6) is 7.87. The Balaban J connectivity index is 2.00. The van der Waals surface area contributed by atoms with E-state index in [0.717, 1.165) is 50.0 Å². The number of carbonyl (C=O) groups is 2. The van der Waals surface area contributed by atoms with Gasteiger partial charge in [0.2, 0.25) is 11.9 Å². The third-order valence-electron chi connectivity index (χ3n) is 5.63. The van der Waals surface area contributed by atoms with Crippen molar-refractivity contribution in [1.82, 2.24) is 20.2 Å². The van der Waals surface area contributed by atoms with Crippen molar-refractivity contribution in [2.24, 2.45) is 5.92 Å². The number of nitrogens with one attached hydrogen (secondary N) is 3. The molecule has 1 aromatic heterocycles. The van der Waals surface area contributed by atoms with Crippen LogP contribution in [-0.4, -0.2) is 65.2 Å². The Morgan fingerprint density at radius 2 is 2.06 bits per heavy atom. The van der Waals surface area contributed by atoms with E-state index >= 15 is 0 Å². The second kappa shape index (κ2) is 12.4. The van der Waals surface area contributed by atoms with Gasteiger partial charge in [-0.25, -0.2) is 9.78 Å². The molecule has 0 aromatic carbocycles. The van der Waals surface area contributed by atoms with Crippen LogP contribution in [-0.2, 0) is 9.53 Å². The summed E-state index contributed by atoms with van der Waals surface area (Å²) in [6.07, 6.45) is 5.85. The van der Waals surface area contributed by atoms with E-state index in [9.17, 15) is 9.59 Å². The number of hydrogen-bond acceptors (Lipinski definition) is 7. The van der Waals surface area contributed by atoms with Gasteiger partial charge in [0.1, 0.15) is 17.5 Å². The van der Waals surface area contributed by atoms with Gasteiger partial charge < -0.3 is 20.7 Å². The number of anilines is 2. The third kappa shape index (κ3) is 8.40. The minimum absolute atomic E-state index is 0.0237. The van der Waals surface area contributed by atoms with Crippen molar-refractivity contribution in [1.29, 1.82) is 0 Å². The van der Waals surface area contributed by atoms with Gasteiger partial charge in [0.25, 0.3) is 0 Å². The summed E-state index contributed by atoms with van der Waals surface area (Å²) in [6.45, 7) is 10.0. The topological polar surface area (TPSA) is 108 Å². The number of rotatable bonds is 7. The van der Waals surface area contributed by atoms with E-state index in [1.165, 1.54) is 4.90 Å². The number of amides is 2. The largest absolute Gasteiger partial charge is 0.444 e. The molecule has 3 N–H and O–H groups in total. The Labute approximate surface area is 203 Å². The second-order valence-corrected chi connectivity index (χ2v) is 9.74. The SMILES string of the molecule is CCCNc1nc(NC)ncc1C#C[C@@H]1CCC[C@H](NC(=O)[C@H](C)N(C)C(=O)OC(C)(C)C)C1. The molecule has 34 heavy (non-hydrogen) atoms. The van der Waals surface area contributed by atoms with E-state index < -0.39 is 17.7 Å². The summed E-state index contributed by atoms with van der Waals surface area (Å²) in [5.41, 5.74) is 0.160. The van der Waals surface area contributed by atoms with E-state index in [1.807, 2.05) is 0 Å². The number of carbonyl (C=O) groups excluding carboxylic acids is 2. The molecule has 9 heteroatoms. The Morgan fingerprint density at radius 3 is 2.71 bits per heavy atom. The first-order valence-corrected chi connectivity index (χ1v) is 12.1. The lowest BCUT2D eigenvalue weighted by atomic mass is 9.86. The van der Waals surface area contributed by atoms with E-state index in [1.54, 1.807) is 48.0 Å². The zero-order valence-corrected chi connectivity index (χ0v) is 21.6.